The van der Waals surface area contributed by atoms with Gasteiger partial charge in [-0.15, -0.1) is 0 Å². The molecule has 0 bridgehead atoms. The van der Waals surface area contributed by atoms with E-state index in [1.54, 1.807) is 18.2 Å². The van der Waals surface area contributed by atoms with E-state index in [0.717, 1.165) is 17.8 Å². The lowest BCUT2D eigenvalue weighted by Gasteiger charge is -2.32. The summed E-state index contributed by atoms with van der Waals surface area (Å²) in [6, 6.07) is 8.48. The monoisotopic (exact) mass is 478 g/mol. The summed E-state index contributed by atoms with van der Waals surface area (Å²) in [6.45, 7) is 3.14. The molecule has 10 heteroatoms. The van der Waals surface area contributed by atoms with Gasteiger partial charge >= 0.3 is 0 Å². The molecule has 1 aliphatic heterocycles. The maximum Gasteiger partial charge on any atom is 0.262 e. The molecule has 0 atom stereocenters. The molecule has 2 amide bonds. The average Bonchev–Trinajstić information content (AvgIpc) is 3.16. The molecule has 0 saturated carbocycles. The van der Waals surface area contributed by atoms with E-state index in [-0.39, 0.29) is 27.3 Å². The molecule has 1 fully saturated rings. The topological polar surface area (TPSA) is 74.8 Å². The Kier molecular flexibility index (Phi) is 6.34. The first-order valence-electron chi connectivity index (χ1n) is 9.59. The zero-order valence-electron chi connectivity index (χ0n) is 16.9. The maximum absolute atomic E-state index is 12.8. The lowest BCUT2D eigenvalue weighted by Crippen LogP contribution is -2.47. The highest BCUT2D eigenvalue weighted by molar-refractivity contribution is 7.22. The fourth-order valence-corrected chi connectivity index (χ4v) is 4.78. The van der Waals surface area contributed by atoms with Gasteiger partial charge in [0.05, 0.1) is 27.4 Å². The number of methoxy groups -OCH3 is 1. The number of aromatic nitrogens is 1. The lowest BCUT2D eigenvalue weighted by atomic mass is 10.1. The second kappa shape index (κ2) is 9.00. The smallest absolute Gasteiger partial charge is 0.262 e. The van der Waals surface area contributed by atoms with Crippen molar-refractivity contribution in [3.8, 4) is 5.75 Å². The first-order valence-corrected chi connectivity index (χ1v) is 11.2. The molecule has 31 heavy (non-hydrogen) atoms. The Hall–Kier alpha value is -2.39. The van der Waals surface area contributed by atoms with Crippen LogP contribution in [0.4, 0.5) is 5.13 Å². The van der Waals surface area contributed by atoms with Crippen LogP contribution in [-0.2, 0) is 0 Å². The van der Waals surface area contributed by atoms with Gasteiger partial charge in [0.2, 0.25) is 0 Å². The van der Waals surface area contributed by atoms with Crippen molar-refractivity contribution in [1.82, 2.24) is 14.8 Å². The van der Waals surface area contributed by atoms with Crippen molar-refractivity contribution in [2.75, 3.05) is 45.7 Å². The van der Waals surface area contributed by atoms with Crippen molar-refractivity contribution in [2.24, 2.45) is 0 Å². The molecule has 2 heterocycles. The number of carbonyl (C=O) groups excluding carboxylic acids is 2. The Bertz CT molecular complexity index is 1160. The third kappa shape index (κ3) is 4.48. The standard InChI is InChI=1S/C21H20Cl2N4O3S/c1-26-7-9-27(10-8-26)20(29)12-3-6-15-16(11-12)31-21(24-15)25-19(28)17-13(22)4-5-14(23)18(17)30-2/h3-6,11H,7-10H2,1-2H3,(H,24,25,28). The number of ether oxygens (including phenoxy) is 1. The Morgan fingerprint density at radius 1 is 1.10 bits per heavy atom. The Labute approximate surface area is 193 Å². The summed E-state index contributed by atoms with van der Waals surface area (Å²) in [6.07, 6.45) is 0. The van der Waals surface area contributed by atoms with Crippen molar-refractivity contribution in [3.05, 3.63) is 51.5 Å². The number of hydrogen-bond acceptors (Lipinski definition) is 6. The Morgan fingerprint density at radius 3 is 2.52 bits per heavy atom. The zero-order chi connectivity index (χ0) is 22.1. The van der Waals surface area contributed by atoms with Gasteiger partial charge in [-0.1, -0.05) is 34.5 Å². The number of fused-ring (bicyclic) bond motifs is 1. The molecule has 2 aromatic carbocycles. The van der Waals surface area contributed by atoms with Crippen LogP contribution in [0, 0.1) is 0 Å². The highest BCUT2D eigenvalue weighted by atomic mass is 35.5. The molecule has 0 spiro atoms. The van der Waals surface area contributed by atoms with Gasteiger partial charge in [0.1, 0.15) is 5.56 Å². The molecular weight excluding hydrogens is 459 g/mol. The third-order valence-electron chi connectivity index (χ3n) is 5.14. The number of halogens is 2. The molecule has 1 saturated heterocycles. The van der Waals surface area contributed by atoms with Gasteiger partial charge in [-0.25, -0.2) is 4.98 Å². The maximum atomic E-state index is 12.8. The van der Waals surface area contributed by atoms with E-state index in [4.69, 9.17) is 27.9 Å². The summed E-state index contributed by atoms with van der Waals surface area (Å²) in [7, 11) is 3.47. The van der Waals surface area contributed by atoms with Crippen LogP contribution in [0.15, 0.2) is 30.3 Å². The minimum Gasteiger partial charge on any atom is -0.494 e. The molecule has 0 unspecified atom stereocenters. The number of benzene rings is 2. The van der Waals surface area contributed by atoms with Crippen LogP contribution in [0.3, 0.4) is 0 Å². The Balaban J connectivity index is 1.56. The molecule has 1 N–H and O–H groups in total. The molecule has 3 aromatic rings. The molecular formula is C21H20Cl2N4O3S. The van der Waals surface area contributed by atoms with Gasteiger partial charge in [-0.05, 0) is 37.4 Å². The summed E-state index contributed by atoms with van der Waals surface area (Å²) >= 11 is 13.6. The molecule has 0 radical (unpaired) electrons. The highest BCUT2D eigenvalue weighted by Gasteiger charge is 2.22. The van der Waals surface area contributed by atoms with Crippen molar-refractivity contribution in [1.29, 1.82) is 0 Å². The molecule has 162 valence electrons. The Morgan fingerprint density at radius 2 is 1.81 bits per heavy atom. The van der Waals surface area contributed by atoms with E-state index in [2.05, 4.69) is 15.2 Å². The van der Waals surface area contributed by atoms with Crippen molar-refractivity contribution >= 4 is 61.7 Å². The van der Waals surface area contributed by atoms with Crippen molar-refractivity contribution in [3.63, 3.8) is 0 Å². The van der Waals surface area contributed by atoms with E-state index in [0.29, 0.717) is 29.3 Å². The van der Waals surface area contributed by atoms with Crippen LogP contribution < -0.4 is 10.1 Å². The molecule has 7 nitrogen and oxygen atoms in total. The van der Waals surface area contributed by atoms with E-state index in [9.17, 15) is 9.59 Å². The summed E-state index contributed by atoms with van der Waals surface area (Å²) in [5.41, 5.74) is 1.44. The third-order valence-corrected chi connectivity index (χ3v) is 6.68. The van der Waals surface area contributed by atoms with Gasteiger partial charge in [0.25, 0.3) is 11.8 Å². The van der Waals surface area contributed by atoms with E-state index in [1.807, 2.05) is 18.0 Å². The minimum absolute atomic E-state index is 0.00410. The molecule has 4 rings (SSSR count). The van der Waals surface area contributed by atoms with Crippen molar-refractivity contribution in [2.45, 2.75) is 0 Å². The van der Waals surface area contributed by atoms with Gasteiger partial charge in [-0.2, -0.15) is 0 Å². The van der Waals surface area contributed by atoms with Gasteiger partial charge in [-0.3, -0.25) is 14.9 Å². The second-order valence-electron chi connectivity index (χ2n) is 7.19. The van der Waals surface area contributed by atoms with Gasteiger partial charge < -0.3 is 14.5 Å². The van der Waals surface area contributed by atoms with Crippen molar-refractivity contribution < 1.29 is 14.3 Å². The second-order valence-corrected chi connectivity index (χ2v) is 9.03. The van der Waals surface area contributed by atoms with Crippen LogP contribution >= 0.6 is 34.5 Å². The predicted octanol–water partition coefficient (Wildman–Crippen LogP) is 4.25. The highest BCUT2D eigenvalue weighted by Crippen LogP contribution is 2.35. The number of rotatable bonds is 4. The predicted molar refractivity (Wildman–Crippen MR) is 124 cm³/mol. The van der Waals surface area contributed by atoms with Gasteiger partial charge in [0, 0.05) is 31.7 Å². The van der Waals surface area contributed by atoms with Crippen LogP contribution in [0.1, 0.15) is 20.7 Å². The normalized spacial score (nSPS) is 14.6. The number of amides is 2. The quantitative estimate of drug-likeness (QED) is 0.606. The number of likely N-dealkylation sites (N-methyl/N-ethyl adjacent to an activating group) is 1. The molecule has 0 aliphatic carbocycles. The number of carbonyl (C=O) groups is 2. The van der Waals surface area contributed by atoms with Crippen LogP contribution in [0.5, 0.6) is 5.75 Å². The average molecular weight is 479 g/mol. The SMILES string of the molecule is COc1c(Cl)ccc(Cl)c1C(=O)Nc1nc2ccc(C(=O)N3CCN(C)CC3)cc2s1. The fourth-order valence-electron chi connectivity index (χ4n) is 3.41. The van der Waals surface area contributed by atoms with Crippen LogP contribution in [0.2, 0.25) is 10.0 Å². The number of nitrogens with zero attached hydrogens (tertiary/aromatic N) is 3. The number of hydrogen-bond donors (Lipinski definition) is 1. The first-order chi connectivity index (χ1) is 14.9. The van der Waals surface area contributed by atoms with E-state index >= 15 is 0 Å². The largest absolute Gasteiger partial charge is 0.494 e. The van der Waals surface area contributed by atoms with E-state index < -0.39 is 5.91 Å². The zero-order valence-corrected chi connectivity index (χ0v) is 19.3. The molecule has 1 aromatic heterocycles. The fraction of sp³-hybridized carbons (Fsp3) is 0.286. The summed E-state index contributed by atoms with van der Waals surface area (Å²) < 4.78 is 6.05. The van der Waals surface area contributed by atoms with Crippen LogP contribution in [-0.4, -0.2) is 66.9 Å². The first kappa shape index (κ1) is 21.8. The molecule has 1 aliphatic rings. The van der Waals surface area contributed by atoms with Crippen LogP contribution in [0.25, 0.3) is 10.2 Å². The number of anilines is 1. The van der Waals surface area contributed by atoms with E-state index in [1.165, 1.54) is 24.5 Å². The lowest BCUT2D eigenvalue weighted by molar-refractivity contribution is 0.0664. The summed E-state index contributed by atoms with van der Waals surface area (Å²) in [5, 5.41) is 3.65. The number of nitrogens with one attached hydrogen (secondary N) is 1. The number of piperazine rings is 1. The minimum atomic E-state index is -0.475. The summed E-state index contributed by atoms with van der Waals surface area (Å²) in [4.78, 5) is 34.2. The number of thiazole rings is 1. The van der Waals surface area contributed by atoms with Gasteiger partial charge in [0.15, 0.2) is 10.9 Å². The summed E-state index contributed by atoms with van der Waals surface area (Å²) in [5.74, 6) is -0.269.